The van der Waals surface area contributed by atoms with Gasteiger partial charge in [0.2, 0.25) is 11.9 Å². The molecule has 1 aromatic rings. The fourth-order valence-corrected chi connectivity index (χ4v) is 4.01. The Hall–Kier alpha value is -2.54. The quantitative estimate of drug-likeness (QED) is 0.664. The lowest BCUT2D eigenvalue weighted by molar-refractivity contribution is -0.192. The topological polar surface area (TPSA) is 99.1 Å². The highest BCUT2D eigenvalue weighted by Gasteiger charge is 2.43. The van der Waals surface area contributed by atoms with Crippen molar-refractivity contribution in [3.63, 3.8) is 0 Å². The zero-order valence-electron chi connectivity index (χ0n) is 17.5. The average Bonchev–Trinajstić information content (AvgIpc) is 3.27. The second kappa shape index (κ2) is 9.94. The number of aromatic nitrogens is 2. The smallest absolute Gasteiger partial charge is 0.475 e. The first kappa shape index (κ1) is 24.1. The minimum Gasteiger partial charge on any atom is -0.475 e. The summed E-state index contributed by atoms with van der Waals surface area (Å²) in [5.41, 5.74) is 0. The summed E-state index contributed by atoms with van der Waals surface area (Å²) < 4.78 is 50.8. The summed E-state index contributed by atoms with van der Waals surface area (Å²) in [6.45, 7) is 5.00. The summed E-state index contributed by atoms with van der Waals surface area (Å²) in [7, 11) is 2.08. The Balaban J connectivity index is 0.000000360. The van der Waals surface area contributed by atoms with Gasteiger partial charge >= 0.3 is 12.1 Å². The van der Waals surface area contributed by atoms with Crippen molar-refractivity contribution in [1.82, 2.24) is 19.8 Å². The number of carboxylic acids is 1. The van der Waals surface area contributed by atoms with Crippen molar-refractivity contribution < 1.29 is 37.0 Å². The number of alkyl halides is 3. The lowest BCUT2D eigenvalue weighted by Gasteiger charge is -2.33. The maximum Gasteiger partial charge on any atom is 0.490 e. The van der Waals surface area contributed by atoms with Crippen LogP contribution in [-0.2, 0) is 14.3 Å². The van der Waals surface area contributed by atoms with Crippen LogP contribution >= 0.6 is 0 Å². The number of carbonyl (C=O) groups is 2. The summed E-state index contributed by atoms with van der Waals surface area (Å²) in [4.78, 5) is 35.7. The van der Waals surface area contributed by atoms with Gasteiger partial charge in [-0.05, 0) is 13.5 Å². The van der Waals surface area contributed by atoms with Crippen LogP contribution in [0, 0.1) is 11.7 Å². The third-order valence-electron chi connectivity index (χ3n) is 5.70. The van der Waals surface area contributed by atoms with Crippen molar-refractivity contribution in [2.45, 2.75) is 31.2 Å². The molecule has 0 unspecified atom stereocenters. The summed E-state index contributed by atoms with van der Waals surface area (Å²) in [5, 5.41) is 7.12. The fraction of sp³-hybridized carbons (Fsp3) is 0.684. The van der Waals surface area contributed by atoms with E-state index in [1.54, 1.807) is 0 Å². The van der Waals surface area contributed by atoms with Gasteiger partial charge in [0.05, 0.1) is 31.0 Å². The van der Waals surface area contributed by atoms with Gasteiger partial charge in [0.15, 0.2) is 5.82 Å². The number of nitrogens with zero attached hydrogens (tertiary/aromatic N) is 5. The number of hydrogen-bond donors (Lipinski definition) is 1. The lowest BCUT2D eigenvalue weighted by Crippen LogP contribution is -2.47. The second-order valence-electron chi connectivity index (χ2n) is 8.09. The van der Waals surface area contributed by atoms with Crippen molar-refractivity contribution in [3.05, 3.63) is 18.2 Å². The maximum atomic E-state index is 12.9. The SMILES string of the molecule is CN1CCN(C(=O)C[C@H]2C[C@H]3CN(c4ncc(F)cn4)C[C@H]3O2)CC1.O=C(O)C(F)(F)F. The molecule has 4 rings (SSSR count). The van der Waals surface area contributed by atoms with E-state index in [1.807, 2.05) is 9.80 Å². The van der Waals surface area contributed by atoms with Gasteiger partial charge in [0.1, 0.15) is 0 Å². The molecule has 0 bridgehead atoms. The highest BCUT2D eigenvalue weighted by molar-refractivity contribution is 5.77. The number of halogens is 4. The van der Waals surface area contributed by atoms with Gasteiger partial charge in [-0.1, -0.05) is 0 Å². The van der Waals surface area contributed by atoms with E-state index in [9.17, 15) is 22.4 Å². The Morgan fingerprint density at radius 3 is 2.28 bits per heavy atom. The first-order valence-corrected chi connectivity index (χ1v) is 10.2. The summed E-state index contributed by atoms with van der Waals surface area (Å²) in [6.07, 6.45) is -1.22. The Bertz CT molecular complexity index is 788. The van der Waals surface area contributed by atoms with E-state index in [-0.39, 0.29) is 18.1 Å². The molecule has 0 radical (unpaired) electrons. The van der Waals surface area contributed by atoms with Crippen LogP contribution in [0.5, 0.6) is 0 Å². The Morgan fingerprint density at radius 2 is 1.75 bits per heavy atom. The molecule has 1 aromatic heterocycles. The summed E-state index contributed by atoms with van der Waals surface area (Å²) >= 11 is 0. The minimum atomic E-state index is -5.08. The first-order valence-electron chi connectivity index (χ1n) is 10.2. The van der Waals surface area contributed by atoms with Crippen LogP contribution in [0.4, 0.5) is 23.5 Å². The molecular formula is C19H25F4N5O4. The molecule has 3 saturated heterocycles. The van der Waals surface area contributed by atoms with Crippen molar-refractivity contribution in [2.75, 3.05) is 51.2 Å². The molecule has 3 atom stereocenters. The molecule has 0 aliphatic carbocycles. The number of anilines is 1. The molecule has 1 amide bonds. The van der Waals surface area contributed by atoms with Crippen LogP contribution in [-0.4, -0.2) is 101 Å². The van der Waals surface area contributed by atoms with E-state index >= 15 is 0 Å². The molecule has 178 valence electrons. The molecule has 13 heteroatoms. The van der Waals surface area contributed by atoms with Crippen molar-refractivity contribution in [3.8, 4) is 0 Å². The molecule has 3 fully saturated rings. The van der Waals surface area contributed by atoms with Crippen molar-refractivity contribution in [1.29, 1.82) is 0 Å². The zero-order chi connectivity index (χ0) is 23.5. The van der Waals surface area contributed by atoms with Gasteiger partial charge in [0.25, 0.3) is 0 Å². The van der Waals surface area contributed by atoms with Gasteiger partial charge < -0.3 is 24.5 Å². The van der Waals surface area contributed by atoms with E-state index in [0.29, 0.717) is 24.8 Å². The Morgan fingerprint density at radius 1 is 1.16 bits per heavy atom. The predicted molar refractivity (Wildman–Crippen MR) is 103 cm³/mol. The van der Waals surface area contributed by atoms with Crippen LogP contribution in [0.1, 0.15) is 12.8 Å². The predicted octanol–water partition coefficient (Wildman–Crippen LogP) is 1.01. The molecular weight excluding hydrogens is 438 g/mol. The zero-order valence-corrected chi connectivity index (χ0v) is 17.5. The van der Waals surface area contributed by atoms with E-state index in [1.165, 1.54) is 12.4 Å². The molecule has 1 N–H and O–H groups in total. The summed E-state index contributed by atoms with van der Waals surface area (Å²) in [5.74, 6) is -2.05. The molecule has 3 aliphatic heterocycles. The minimum absolute atomic E-state index is 0.0124. The highest BCUT2D eigenvalue weighted by Crippen LogP contribution is 2.35. The van der Waals surface area contributed by atoms with Crippen molar-refractivity contribution >= 4 is 17.8 Å². The Labute approximate surface area is 182 Å². The van der Waals surface area contributed by atoms with Crippen LogP contribution in [0.15, 0.2) is 12.4 Å². The number of carboxylic acid groups (broad SMARTS) is 1. The van der Waals surface area contributed by atoms with Crippen LogP contribution < -0.4 is 4.90 Å². The molecule has 32 heavy (non-hydrogen) atoms. The molecule has 0 saturated carbocycles. The molecule has 0 spiro atoms. The number of ether oxygens (including phenoxy) is 1. The Kier molecular flexibility index (Phi) is 7.49. The number of carbonyl (C=O) groups excluding carboxylic acids is 1. The fourth-order valence-electron chi connectivity index (χ4n) is 4.01. The third kappa shape index (κ3) is 6.25. The number of rotatable bonds is 3. The van der Waals surface area contributed by atoms with E-state index < -0.39 is 18.0 Å². The van der Waals surface area contributed by atoms with Crippen LogP contribution in [0.25, 0.3) is 0 Å². The molecule has 3 aliphatic rings. The number of likely N-dealkylation sites (N-methyl/N-ethyl adjacent to an activating group) is 1. The number of aliphatic carboxylic acids is 1. The van der Waals surface area contributed by atoms with E-state index in [2.05, 4.69) is 21.9 Å². The van der Waals surface area contributed by atoms with Gasteiger partial charge in [-0.15, -0.1) is 0 Å². The van der Waals surface area contributed by atoms with Crippen molar-refractivity contribution in [2.24, 2.45) is 5.92 Å². The van der Waals surface area contributed by atoms with Gasteiger partial charge in [-0.2, -0.15) is 13.2 Å². The second-order valence-corrected chi connectivity index (χ2v) is 8.09. The van der Waals surface area contributed by atoms with E-state index in [0.717, 1.165) is 39.1 Å². The van der Waals surface area contributed by atoms with Gasteiger partial charge in [-0.3, -0.25) is 4.79 Å². The first-order chi connectivity index (χ1) is 15.0. The summed E-state index contributed by atoms with van der Waals surface area (Å²) in [6, 6.07) is 0. The van der Waals surface area contributed by atoms with Gasteiger partial charge in [-0.25, -0.2) is 19.2 Å². The average molecular weight is 463 g/mol. The number of fused-ring (bicyclic) bond motifs is 1. The maximum absolute atomic E-state index is 12.9. The standard InChI is InChI=1S/C17H24FN5O2.C2HF3O2/c1-21-2-4-22(5-3-21)16(24)7-14-6-12-10-23(11-15(12)25-14)17-19-8-13(18)9-20-17;3-2(4,5)1(6)7/h8-9,12,14-15H,2-7,10-11H2,1H3;(H,6,7)/t12-,14+,15+;/m0./s1. The molecule has 0 aromatic carbocycles. The van der Waals surface area contributed by atoms with E-state index in [4.69, 9.17) is 14.6 Å². The number of piperazine rings is 1. The lowest BCUT2D eigenvalue weighted by atomic mass is 10.0. The molecule has 9 nitrogen and oxygen atoms in total. The largest absolute Gasteiger partial charge is 0.490 e. The highest BCUT2D eigenvalue weighted by atomic mass is 19.4. The van der Waals surface area contributed by atoms with Crippen LogP contribution in [0.3, 0.4) is 0 Å². The molecule has 4 heterocycles. The third-order valence-corrected chi connectivity index (χ3v) is 5.70. The number of amides is 1. The van der Waals surface area contributed by atoms with Gasteiger partial charge in [0, 0.05) is 45.2 Å². The monoisotopic (exact) mass is 463 g/mol. The normalized spacial score (nSPS) is 25.8. The van der Waals surface area contributed by atoms with Crippen LogP contribution in [0.2, 0.25) is 0 Å². The number of hydrogen-bond acceptors (Lipinski definition) is 7.